The molecule has 1 rings (SSSR count). The number of aliphatic hydroxyl groups excluding tert-OH is 1. The van der Waals surface area contributed by atoms with Crippen LogP contribution in [0, 0.1) is 5.92 Å². The summed E-state index contributed by atoms with van der Waals surface area (Å²) >= 11 is 0. The minimum absolute atomic E-state index is 0.157. The molecule has 0 saturated carbocycles. The van der Waals surface area contributed by atoms with E-state index in [0.29, 0.717) is 13.2 Å². The van der Waals surface area contributed by atoms with Gasteiger partial charge in [0.15, 0.2) is 0 Å². The van der Waals surface area contributed by atoms with Gasteiger partial charge < -0.3 is 19.5 Å². The normalized spacial score (nSPS) is 12.7. The van der Waals surface area contributed by atoms with Crippen LogP contribution in [0.15, 0.2) is 48.3 Å². The number of aliphatic hydroxyl groups is 1. The molecule has 0 fully saturated rings. The first-order valence-corrected chi connectivity index (χ1v) is 25.1. The predicted molar refractivity (Wildman–Crippen MR) is 252 cm³/mol. The zero-order chi connectivity index (χ0) is 42.2. The second-order valence-electron chi connectivity index (χ2n) is 17.4. The van der Waals surface area contributed by atoms with Gasteiger partial charge in [0.1, 0.15) is 11.5 Å². The van der Waals surface area contributed by atoms with E-state index in [1.807, 2.05) is 50.3 Å². The summed E-state index contributed by atoms with van der Waals surface area (Å²) < 4.78 is 11.6. The van der Waals surface area contributed by atoms with Crippen LogP contribution < -0.4 is 4.74 Å². The Labute approximate surface area is 360 Å². The van der Waals surface area contributed by atoms with E-state index in [1.165, 1.54) is 167 Å². The van der Waals surface area contributed by atoms with Crippen LogP contribution in [0.5, 0.6) is 5.75 Å². The standard InChI is InChI=1S/C53H95NO4/c1-6-10-12-14-16-18-21-26-36-49(37-27-22-19-17-15-13-11-7-2)38-28-25-30-44-54(45-31-32-46-55)43-29-23-20-24-33-47-57-53(56)48(5)50-39-41-52(42-40-50)58-51(34-8-3)35-9-4/h8,34-35,39-42,48-49,55H,6-7,9-33,36-38,43-47H2,1-5H3/b34-8-,51-35+. The molecule has 0 aliphatic carbocycles. The quantitative estimate of drug-likeness (QED) is 0.0308. The average Bonchev–Trinajstić information content (AvgIpc) is 3.23. The van der Waals surface area contributed by atoms with Crippen LogP contribution in [0.25, 0.3) is 0 Å². The van der Waals surface area contributed by atoms with Crippen molar-refractivity contribution in [3.8, 4) is 5.75 Å². The van der Waals surface area contributed by atoms with Gasteiger partial charge >= 0.3 is 5.97 Å². The Kier molecular flexibility index (Phi) is 37.5. The van der Waals surface area contributed by atoms with Crippen LogP contribution in [0.3, 0.4) is 0 Å². The Morgan fingerprint density at radius 1 is 0.621 bits per heavy atom. The first kappa shape index (κ1) is 53.9. The number of unbranched alkanes of at least 4 members (excludes halogenated alkanes) is 21. The zero-order valence-corrected chi connectivity index (χ0v) is 39.1. The lowest BCUT2D eigenvalue weighted by Crippen LogP contribution is -2.27. The van der Waals surface area contributed by atoms with Crippen molar-refractivity contribution in [3.05, 3.63) is 53.8 Å². The fourth-order valence-electron chi connectivity index (χ4n) is 8.17. The van der Waals surface area contributed by atoms with Crippen LogP contribution in [-0.4, -0.2) is 48.8 Å². The summed E-state index contributed by atoms with van der Waals surface area (Å²) in [6, 6.07) is 7.77. The molecule has 0 spiro atoms. The van der Waals surface area contributed by atoms with Crippen molar-refractivity contribution in [3.63, 3.8) is 0 Å². The maximum Gasteiger partial charge on any atom is 0.313 e. The van der Waals surface area contributed by atoms with Crippen LogP contribution in [0.1, 0.15) is 239 Å². The SMILES string of the molecule is C/C=C\C(=C/CC)Oc1ccc(C(C)C(=O)OCCCCCCCN(CCCCO)CCCCCC(CCCCCCCCCC)CCCCCCCCCC)cc1. The van der Waals surface area contributed by atoms with Crippen molar-refractivity contribution in [1.82, 2.24) is 4.90 Å². The average molecular weight is 810 g/mol. The number of rotatable bonds is 42. The summed E-state index contributed by atoms with van der Waals surface area (Å²) in [6.07, 6.45) is 45.7. The molecule has 5 heteroatoms. The number of benzene rings is 1. The topological polar surface area (TPSA) is 59.0 Å². The lowest BCUT2D eigenvalue weighted by molar-refractivity contribution is -0.145. The lowest BCUT2D eigenvalue weighted by atomic mass is 9.89. The van der Waals surface area contributed by atoms with E-state index < -0.39 is 0 Å². The summed E-state index contributed by atoms with van der Waals surface area (Å²) in [5.74, 6) is 2.08. The molecule has 0 saturated heterocycles. The van der Waals surface area contributed by atoms with E-state index in [4.69, 9.17) is 9.47 Å². The number of allylic oxidation sites excluding steroid dienone is 3. The molecular weight excluding hydrogens is 715 g/mol. The maximum absolute atomic E-state index is 12.8. The number of nitrogens with zero attached hydrogens (tertiary/aromatic N) is 1. The van der Waals surface area contributed by atoms with Crippen LogP contribution in [0.4, 0.5) is 0 Å². The molecule has 0 amide bonds. The van der Waals surface area contributed by atoms with Gasteiger partial charge in [-0.2, -0.15) is 0 Å². The molecule has 0 aromatic heterocycles. The maximum atomic E-state index is 12.8. The molecular formula is C53H95NO4. The molecule has 336 valence electrons. The number of esters is 1. The largest absolute Gasteiger partial charge is 0.465 e. The van der Waals surface area contributed by atoms with Crippen molar-refractivity contribution in [1.29, 1.82) is 0 Å². The first-order valence-electron chi connectivity index (χ1n) is 25.1. The van der Waals surface area contributed by atoms with Gasteiger partial charge in [0.25, 0.3) is 0 Å². The Hall–Kier alpha value is -2.11. The number of carbonyl (C=O) groups is 1. The van der Waals surface area contributed by atoms with Gasteiger partial charge in [-0.1, -0.05) is 193 Å². The van der Waals surface area contributed by atoms with Crippen molar-refractivity contribution >= 4 is 5.97 Å². The Bertz CT molecular complexity index is 1080. The summed E-state index contributed by atoms with van der Waals surface area (Å²) in [5.41, 5.74) is 0.945. The number of carbonyl (C=O) groups excluding carboxylic acids is 1. The molecule has 0 heterocycles. The van der Waals surface area contributed by atoms with E-state index in [2.05, 4.69) is 31.7 Å². The molecule has 0 bridgehead atoms. The second-order valence-corrected chi connectivity index (χ2v) is 17.4. The zero-order valence-electron chi connectivity index (χ0n) is 39.1. The van der Waals surface area contributed by atoms with Crippen molar-refractivity contribution in [2.24, 2.45) is 5.92 Å². The highest BCUT2D eigenvalue weighted by Crippen LogP contribution is 2.25. The Morgan fingerprint density at radius 2 is 1.07 bits per heavy atom. The lowest BCUT2D eigenvalue weighted by Gasteiger charge is -2.22. The molecule has 1 aromatic rings. The van der Waals surface area contributed by atoms with Gasteiger partial charge in [-0.05, 0) is 108 Å². The fraction of sp³-hybridized carbons (Fsp3) is 0.792. The summed E-state index contributed by atoms with van der Waals surface area (Å²) in [5, 5.41) is 9.40. The van der Waals surface area contributed by atoms with Crippen LogP contribution in [-0.2, 0) is 9.53 Å². The van der Waals surface area contributed by atoms with Crippen molar-refractivity contribution < 1.29 is 19.4 Å². The van der Waals surface area contributed by atoms with Gasteiger partial charge in [0, 0.05) is 6.61 Å². The molecule has 0 aliphatic heterocycles. The van der Waals surface area contributed by atoms with Crippen LogP contribution >= 0.6 is 0 Å². The molecule has 1 aromatic carbocycles. The molecule has 1 N–H and O–H groups in total. The van der Waals surface area contributed by atoms with E-state index in [-0.39, 0.29) is 11.9 Å². The third kappa shape index (κ3) is 30.9. The molecule has 58 heavy (non-hydrogen) atoms. The van der Waals surface area contributed by atoms with Gasteiger partial charge in [0.2, 0.25) is 0 Å². The van der Waals surface area contributed by atoms with E-state index in [1.54, 1.807) is 0 Å². The van der Waals surface area contributed by atoms with Gasteiger partial charge in [-0.25, -0.2) is 0 Å². The highest BCUT2D eigenvalue weighted by Gasteiger charge is 2.17. The highest BCUT2D eigenvalue weighted by atomic mass is 16.5. The van der Waals surface area contributed by atoms with Gasteiger partial charge in [-0.3, -0.25) is 4.79 Å². The number of hydrogen-bond acceptors (Lipinski definition) is 5. The fourth-order valence-corrected chi connectivity index (χ4v) is 8.17. The molecule has 5 nitrogen and oxygen atoms in total. The first-order chi connectivity index (χ1) is 28.5. The Balaban J connectivity index is 2.34. The molecule has 0 aliphatic rings. The molecule has 0 radical (unpaired) electrons. The molecule has 1 atom stereocenters. The number of hydrogen-bond donors (Lipinski definition) is 1. The van der Waals surface area contributed by atoms with Gasteiger partial charge in [0.05, 0.1) is 12.5 Å². The monoisotopic (exact) mass is 810 g/mol. The van der Waals surface area contributed by atoms with E-state index in [9.17, 15) is 9.90 Å². The van der Waals surface area contributed by atoms with Gasteiger partial charge in [-0.15, -0.1) is 0 Å². The summed E-state index contributed by atoms with van der Waals surface area (Å²) in [6.45, 7) is 14.9. The van der Waals surface area contributed by atoms with Crippen molar-refractivity contribution in [2.75, 3.05) is 32.8 Å². The third-order valence-electron chi connectivity index (χ3n) is 12.0. The van der Waals surface area contributed by atoms with E-state index >= 15 is 0 Å². The van der Waals surface area contributed by atoms with E-state index in [0.717, 1.165) is 68.2 Å². The van der Waals surface area contributed by atoms with Crippen molar-refractivity contribution in [2.45, 2.75) is 233 Å². The minimum Gasteiger partial charge on any atom is -0.465 e. The summed E-state index contributed by atoms with van der Waals surface area (Å²) in [7, 11) is 0. The highest BCUT2D eigenvalue weighted by molar-refractivity contribution is 5.77. The molecule has 1 unspecified atom stereocenters. The number of ether oxygens (including phenoxy) is 2. The third-order valence-corrected chi connectivity index (χ3v) is 12.0. The second kappa shape index (κ2) is 40.3. The summed E-state index contributed by atoms with van der Waals surface area (Å²) in [4.78, 5) is 15.4. The predicted octanol–water partition coefficient (Wildman–Crippen LogP) is 15.8. The minimum atomic E-state index is -0.298. The smallest absolute Gasteiger partial charge is 0.313 e. The van der Waals surface area contributed by atoms with Crippen LogP contribution in [0.2, 0.25) is 0 Å². The Morgan fingerprint density at radius 3 is 1.55 bits per heavy atom.